The van der Waals surface area contributed by atoms with E-state index < -0.39 is 0 Å². The molecule has 1 aromatic heterocycles. The van der Waals surface area contributed by atoms with Crippen molar-refractivity contribution in [2.45, 2.75) is 32.4 Å². The van der Waals surface area contributed by atoms with E-state index >= 15 is 0 Å². The second kappa shape index (κ2) is 7.53. The molecule has 3 rings (SSSR count). The van der Waals surface area contributed by atoms with E-state index in [0.29, 0.717) is 12.3 Å². The van der Waals surface area contributed by atoms with Gasteiger partial charge in [-0.05, 0) is 44.0 Å². The van der Waals surface area contributed by atoms with E-state index in [4.69, 9.17) is 4.74 Å². The number of amides is 1. The lowest BCUT2D eigenvalue weighted by Crippen LogP contribution is -2.39. The number of hydrogen-bond donors (Lipinski definition) is 1. The summed E-state index contributed by atoms with van der Waals surface area (Å²) in [4.78, 5) is 15.0. The Labute approximate surface area is 148 Å². The number of hydrogen-bond acceptors (Lipinski definition) is 4. The number of nitrogens with zero attached hydrogens (tertiary/aromatic N) is 3. The van der Waals surface area contributed by atoms with Crippen molar-refractivity contribution in [2.24, 2.45) is 0 Å². The number of carbonyl (C=O) groups excluding carboxylic acids is 1. The minimum Gasteiger partial charge on any atom is -0.495 e. The SMILES string of the molecule is C=Cn1cc(CN2CCCC2C(=O)Nc2cc(C)ccc2OC)cn1. The van der Waals surface area contributed by atoms with Crippen molar-refractivity contribution in [3.63, 3.8) is 0 Å². The van der Waals surface area contributed by atoms with Gasteiger partial charge in [0.25, 0.3) is 0 Å². The van der Waals surface area contributed by atoms with Crippen molar-refractivity contribution in [1.29, 1.82) is 0 Å². The van der Waals surface area contributed by atoms with E-state index in [1.165, 1.54) is 0 Å². The third-order valence-electron chi connectivity index (χ3n) is 4.51. The number of aryl methyl sites for hydroxylation is 1. The molecule has 6 heteroatoms. The van der Waals surface area contributed by atoms with Crippen molar-refractivity contribution in [2.75, 3.05) is 19.0 Å². The van der Waals surface area contributed by atoms with Crippen LogP contribution in [0, 0.1) is 6.92 Å². The minimum atomic E-state index is -0.141. The molecule has 1 fully saturated rings. The highest BCUT2D eigenvalue weighted by molar-refractivity contribution is 5.96. The average molecular weight is 340 g/mol. The number of benzene rings is 1. The van der Waals surface area contributed by atoms with Crippen LogP contribution in [-0.4, -0.2) is 40.3 Å². The van der Waals surface area contributed by atoms with Crippen LogP contribution in [0.25, 0.3) is 6.20 Å². The van der Waals surface area contributed by atoms with E-state index in [-0.39, 0.29) is 11.9 Å². The molecule has 1 aliphatic rings. The number of nitrogens with one attached hydrogen (secondary N) is 1. The first-order chi connectivity index (χ1) is 12.1. The zero-order chi connectivity index (χ0) is 17.8. The van der Waals surface area contributed by atoms with E-state index in [2.05, 4.69) is 21.9 Å². The predicted octanol–water partition coefficient (Wildman–Crippen LogP) is 2.90. The summed E-state index contributed by atoms with van der Waals surface area (Å²) in [5.41, 5.74) is 2.88. The third kappa shape index (κ3) is 3.91. The molecule has 1 amide bonds. The van der Waals surface area contributed by atoms with Crippen LogP contribution in [0.2, 0.25) is 0 Å². The van der Waals surface area contributed by atoms with Crippen LogP contribution >= 0.6 is 0 Å². The van der Waals surface area contributed by atoms with Gasteiger partial charge in [-0.2, -0.15) is 5.10 Å². The van der Waals surface area contributed by atoms with Gasteiger partial charge < -0.3 is 10.1 Å². The number of aromatic nitrogens is 2. The summed E-state index contributed by atoms with van der Waals surface area (Å²) in [7, 11) is 1.61. The van der Waals surface area contributed by atoms with Gasteiger partial charge in [-0.25, -0.2) is 4.68 Å². The summed E-state index contributed by atoms with van der Waals surface area (Å²) in [6, 6.07) is 5.64. The van der Waals surface area contributed by atoms with E-state index in [9.17, 15) is 4.79 Å². The Kier molecular flexibility index (Phi) is 5.19. The molecule has 0 bridgehead atoms. The lowest BCUT2D eigenvalue weighted by atomic mass is 10.1. The smallest absolute Gasteiger partial charge is 0.241 e. The molecule has 1 saturated heterocycles. The summed E-state index contributed by atoms with van der Waals surface area (Å²) in [6.45, 7) is 7.30. The maximum absolute atomic E-state index is 12.8. The molecule has 0 spiro atoms. The van der Waals surface area contributed by atoms with Crippen LogP contribution in [0.1, 0.15) is 24.0 Å². The number of methoxy groups -OCH3 is 1. The maximum atomic E-state index is 12.8. The van der Waals surface area contributed by atoms with Crippen molar-refractivity contribution in [1.82, 2.24) is 14.7 Å². The Morgan fingerprint density at radius 2 is 2.36 bits per heavy atom. The predicted molar refractivity (Wildman–Crippen MR) is 98.4 cm³/mol. The lowest BCUT2D eigenvalue weighted by molar-refractivity contribution is -0.120. The summed E-state index contributed by atoms with van der Waals surface area (Å²) in [5.74, 6) is 0.688. The Bertz CT molecular complexity index is 769. The van der Waals surface area contributed by atoms with Gasteiger partial charge in [0.15, 0.2) is 0 Å². The highest BCUT2D eigenvalue weighted by atomic mass is 16.5. The Morgan fingerprint density at radius 3 is 3.08 bits per heavy atom. The third-order valence-corrected chi connectivity index (χ3v) is 4.51. The fourth-order valence-corrected chi connectivity index (χ4v) is 3.24. The first kappa shape index (κ1) is 17.2. The first-order valence-corrected chi connectivity index (χ1v) is 8.46. The molecule has 0 saturated carbocycles. The van der Waals surface area contributed by atoms with Crippen LogP contribution in [0.15, 0.2) is 37.2 Å². The molecule has 0 radical (unpaired) electrons. The molecule has 1 unspecified atom stereocenters. The highest BCUT2D eigenvalue weighted by Crippen LogP contribution is 2.27. The van der Waals surface area contributed by atoms with Crippen LogP contribution in [-0.2, 0) is 11.3 Å². The van der Waals surface area contributed by atoms with Crippen LogP contribution in [0.5, 0.6) is 5.75 Å². The van der Waals surface area contributed by atoms with E-state index in [1.807, 2.05) is 37.5 Å². The highest BCUT2D eigenvalue weighted by Gasteiger charge is 2.31. The first-order valence-electron chi connectivity index (χ1n) is 8.46. The van der Waals surface area contributed by atoms with Gasteiger partial charge in [0.05, 0.1) is 25.0 Å². The van der Waals surface area contributed by atoms with Gasteiger partial charge in [0, 0.05) is 24.5 Å². The van der Waals surface area contributed by atoms with Crippen LogP contribution in [0.3, 0.4) is 0 Å². The van der Waals surface area contributed by atoms with Crippen molar-refractivity contribution < 1.29 is 9.53 Å². The molecule has 0 aliphatic carbocycles. The van der Waals surface area contributed by atoms with E-state index in [0.717, 1.165) is 36.2 Å². The van der Waals surface area contributed by atoms with Gasteiger partial charge in [-0.3, -0.25) is 9.69 Å². The van der Waals surface area contributed by atoms with Crippen molar-refractivity contribution in [3.05, 3.63) is 48.3 Å². The monoisotopic (exact) mass is 340 g/mol. The molecule has 2 aromatic rings. The van der Waals surface area contributed by atoms with E-state index in [1.54, 1.807) is 18.0 Å². The molecule has 6 nitrogen and oxygen atoms in total. The van der Waals surface area contributed by atoms with Gasteiger partial charge in [0.1, 0.15) is 5.75 Å². The number of likely N-dealkylation sites (tertiary alicyclic amines) is 1. The van der Waals surface area contributed by atoms with Crippen molar-refractivity contribution >= 4 is 17.8 Å². The molecule has 25 heavy (non-hydrogen) atoms. The number of carbonyl (C=O) groups is 1. The Morgan fingerprint density at radius 1 is 1.52 bits per heavy atom. The largest absolute Gasteiger partial charge is 0.495 e. The Hall–Kier alpha value is -2.60. The van der Waals surface area contributed by atoms with Gasteiger partial charge in [-0.1, -0.05) is 12.6 Å². The average Bonchev–Trinajstić information content (AvgIpc) is 3.24. The summed E-state index contributed by atoms with van der Waals surface area (Å²) in [6.07, 6.45) is 7.28. The van der Waals surface area contributed by atoms with Gasteiger partial charge in [-0.15, -0.1) is 0 Å². The fraction of sp³-hybridized carbons (Fsp3) is 0.368. The van der Waals surface area contributed by atoms with Gasteiger partial charge in [0.2, 0.25) is 5.91 Å². The second-order valence-corrected chi connectivity index (χ2v) is 6.33. The molecule has 1 aromatic carbocycles. The molecule has 1 atom stereocenters. The standard InChI is InChI=1S/C19H24N4O2/c1-4-23-13-15(11-20-23)12-22-9-5-6-17(22)19(24)21-16-10-14(2)7-8-18(16)25-3/h4,7-8,10-11,13,17H,1,5-6,9,12H2,2-3H3,(H,21,24). The molecule has 2 heterocycles. The molecule has 132 valence electrons. The molecular weight excluding hydrogens is 316 g/mol. The zero-order valence-corrected chi connectivity index (χ0v) is 14.7. The van der Waals surface area contributed by atoms with Crippen LogP contribution < -0.4 is 10.1 Å². The Balaban J connectivity index is 1.70. The molecule has 1 N–H and O–H groups in total. The number of anilines is 1. The van der Waals surface area contributed by atoms with Gasteiger partial charge >= 0.3 is 0 Å². The quantitative estimate of drug-likeness (QED) is 0.878. The topological polar surface area (TPSA) is 59.4 Å². The number of rotatable bonds is 6. The summed E-state index contributed by atoms with van der Waals surface area (Å²) < 4.78 is 7.03. The lowest BCUT2D eigenvalue weighted by Gasteiger charge is -2.23. The normalized spacial score (nSPS) is 17.4. The summed E-state index contributed by atoms with van der Waals surface area (Å²) in [5, 5.41) is 7.24. The summed E-state index contributed by atoms with van der Waals surface area (Å²) >= 11 is 0. The minimum absolute atomic E-state index is 0.0116. The van der Waals surface area contributed by atoms with Crippen LogP contribution in [0.4, 0.5) is 5.69 Å². The van der Waals surface area contributed by atoms with Crippen molar-refractivity contribution in [3.8, 4) is 5.75 Å². The molecule has 1 aliphatic heterocycles. The molecular formula is C19H24N4O2. The maximum Gasteiger partial charge on any atom is 0.241 e. The zero-order valence-electron chi connectivity index (χ0n) is 14.7. The number of ether oxygens (including phenoxy) is 1. The second-order valence-electron chi connectivity index (χ2n) is 6.33. The fourth-order valence-electron chi connectivity index (χ4n) is 3.24.